The van der Waals surface area contributed by atoms with Gasteiger partial charge in [-0.2, -0.15) is 0 Å². The molecule has 2 amide bonds. The fourth-order valence-corrected chi connectivity index (χ4v) is 4.41. The fraction of sp³-hybridized carbons (Fsp3) is 0.467. The van der Waals surface area contributed by atoms with Crippen molar-refractivity contribution in [2.45, 2.75) is 59.0 Å². The zero-order chi connectivity index (χ0) is 31.5. The van der Waals surface area contributed by atoms with Gasteiger partial charge in [0.25, 0.3) is 0 Å². The normalized spacial score (nSPS) is 11.7. The molecule has 43 heavy (non-hydrogen) atoms. The van der Waals surface area contributed by atoms with Gasteiger partial charge >= 0.3 is 6.09 Å². The lowest BCUT2D eigenvalue weighted by molar-refractivity contribution is -0.121. The van der Waals surface area contributed by atoms with Crippen molar-refractivity contribution in [1.82, 2.24) is 25.3 Å². The first kappa shape index (κ1) is 33.7. The van der Waals surface area contributed by atoms with Crippen LogP contribution in [0.25, 0.3) is 11.4 Å². The van der Waals surface area contributed by atoms with E-state index in [4.69, 9.17) is 18.6 Å². The number of anilines is 1. The average molecular weight is 611 g/mol. The Balaban J connectivity index is 1.54. The van der Waals surface area contributed by atoms with Gasteiger partial charge in [-0.25, -0.2) is 4.79 Å². The molecule has 0 atom stereocenters. The van der Waals surface area contributed by atoms with E-state index in [2.05, 4.69) is 59.6 Å². The molecule has 1 aromatic heterocycles. The Hall–Kier alpha value is -3.78. The van der Waals surface area contributed by atoms with Crippen molar-refractivity contribution >= 4 is 26.0 Å². The number of methoxy groups -OCH3 is 1. The summed E-state index contributed by atoms with van der Waals surface area (Å²) in [6.45, 7) is 14.5. The van der Waals surface area contributed by atoms with Crippen LogP contribution in [-0.4, -0.2) is 79.1 Å². The number of hydrogen-bond donors (Lipinski definition) is 1. The molecule has 232 valence electrons. The van der Waals surface area contributed by atoms with Crippen molar-refractivity contribution in [3.05, 3.63) is 59.9 Å². The first-order valence-electron chi connectivity index (χ1n) is 14.1. The number of carbonyl (C=O) groups excluding carboxylic acids is 2. The molecule has 0 spiro atoms. The molecule has 0 unspecified atom stereocenters. The lowest BCUT2D eigenvalue weighted by Gasteiger charge is -2.36. The number of ether oxygens (including phenoxy) is 3. The molecular formula is C30H42N6O6Si. The number of aromatic nitrogens is 4. The molecule has 13 heteroatoms. The van der Waals surface area contributed by atoms with Crippen LogP contribution in [0.4, 0.5) is 10.5 Å². The predicted octanol–water partition coefficient (Wildman–Crippen LogP) is 5.08. The van der Waals surface area contributed by atoms with Crippen LogP contribution in [0.2, 0.25) is 18.1 Å². The summed E-state index contributed by atoms with van der Waals surface area (Å²) in [5.74, 6) is 0.678. The van der Waals surface area contributed by atoms with E-state index < -0.39 is 14.4 Å². The van der Waals surface area contributed by atoms with E-state index in [1.807, 2.05) is 19.1 Å². The summed E-state index contributed by atoms with van der Waals surface area (Å²) in [6, 6.07) is 14.3. The molecule has 0 saturated heterocycles. The molecule has 0 fully saturated rings. The van der Waals surface area contributed by atoms with E-state index in [0.29, 0.717) is 43.4 Å². The van der Waals surface area contributed by atoms with Gasteiger partial charge in [0.2, 0.25) is 11.7 Å². The topological polar surface area (TPSA) is 138 Å². The highest BCUT2D eigenvalue weighted by Crippen LogP contribution is 2.37. The van der Waals surface area contributed by atoms with Gasteiger partial charge in [0.05, 0.1) is 26.4 Å². The van der Waals surface area contributed by atoms with Crippen molar-refractivity contribution in [1.29, 1.82) is 0 Å². The number of amides is 2. The minimum absolute atomic E-state index is 0.0766. The lowest BCUT2D eigenvalue weighted by atomic mass is 10.2. The molecule has 0 bridgehead atoms. The first-order valence-corrected chi connectivity index (χ1v) is 17.1. The van der Waals surface area contributed by atoms with E-state index in [9.17, 15) is 9.59 Å². The summed E-state index contributed by atoms with van der Waals surface area (Å²) in [5.41, 5.74) is 2.19. The molecule has 0 saturated carbocycles. The number of carbonyl (C=O) groups is 2. The van der Waals surface area contributed by atoms with Gasteiger partial charge in [-0.3, -0.25) is 4.79 Å². The Morgan fingerprint density at radius 2 is 1.67 bits per heavy atom. The summed E-state index contributed by atoms with van der Waals surface area (Å²) in [4.78, 5) is 26.4. The number of nitrogens with one attached hydrogen (secondary N) is 1. The van der Waals surface area contributed by atoms with E-state index in [-0.39, 0.29) is 35.7 Å². The van der Waals surface area contributed by atoms with Gasteiger partial charge in [0.1, 0.15) is 12.4 Å². The molecular weight excluding hydrogens is 568 g/mol. The van der Waals surface area contributed by atoms with Crippen LogP contribution in [0.1, 0.15) is 39.1 Å². The van der Waals surface area contributed by atoms with Crippen LogP contribution >= 0.6 is 0 Å². The highest BCUT2D eigenvalue weighted by atomic mass is 28.4. The number of benzene rings is 2. The molecule has 0 aliphatic rings. The van der Waals surface area contributed by atoms with Crippen LogP contribution in [0, 0.1) is 0 Å². The van der Waals surface area contributed by atoms with Crippen molar-refractivity contribution in [2.24, 2.45) is 0 Å². The Kier molecular flexibility index (Phi) is 12.2. The number of rotatable bonds is 14. The van der Waals surface area contributed by atoms with Gasteiger partial charge in [0, 0.05) is 24.9 Å². The Labute approximate surface area is 254 Å². The van der Waals surface area contributed by atoms with Crippen LogP contribution in [0.5, 0.6) is 5.75 Å². The van der Waals surface area contributed by atoms with Crippen molar-refractivity contribution in [2.75, 3.05) is 38.8 Å². The minimum atomic E-state index is -1.86. The third kappa shape index (κ3) is 10.5. The third-order valence-corrected chi connectivity index (χ3v) is 11.6. The Morgan fingerprint density at radius 1 is 0.977 bits per heavy atom. The summed E-state index contributed by atoms with van der Waals surface area (Å²) in [6.07, 6.45) is -0.532. The van der Waals surface area contributed by atoms with Crippen LogP contribution in [0.3, 0.4) is 0 Å². The average Bonchev–Trinajstić information content (AvgIpc) is 2.97. The molecule has 3 rings (SSSR count). The second kappa shape index (κ2) is 15.6. The lowest BCUT2D eigenvalue weighted by Crippen LogP contribution is -2.40. The van der Waals surface area contributed by atoms with Crippen LogP contribution in [-0.2, 0) is 31.8 Å². The maximum absolute atomic E-state index is 12.9. The van der Waals surface area contributed by atoms with Crippen LogP contribution < -0.4 is 10.1 Å². The van der Waals surface area contributed by atoms with E-state index in [1.54, 1.807) is 43.5 Å². The quantitative estimate of drug-likeness (QED) is 0.194. The SMILES string of the molecule is CCN(Cc1nnc(-c2cccc(NC(=O)COCCOC)c2)nn1)C(=O)Oc1ccc(CO[Si](C)(C)C(C)(C)C)cc1. The third-order valence-electron chi connectivity index (χ3n) is 7.10. The molecule has 0 aliphatic carbocycles. The van der Waals surface area contributed by atoms with Gasteiger partial charge in [-0.15, -0.1) is 20.4 Å². The molecule has 12 nitrogen and oxygen atoms in total. The summed E-state index contributed by atoms with van der Waals surface area (Å²) < 4.78 is 22.0. The smallest absolute Gasteiger partial charge is 0.413 e. The maximum Gasteiger partial charge on any atom is 0.415 e. The molecule has 0 radical (unpaired) electrons. The molecule has 1 N–H and O–H groups in total. The number of nitrogens with zero attached hydrogens (tertiary/aromatic N) is 5. The van der Waals surface area contributed by atoms with Crippen LogP contribution in [0.15, 0.2) is 48.5 Å². The summed E-state index contributed by atoms with van der Waals surface area (Å²) >= 11 is 0. The monoisotopic (exact) mass is 610 g/mol. The summed E-state index contributed by atoms with van der Waals surface area (Å²) in [5, 5.41) is 19.5. The molecule has 2 aromatic carbocycles. The highest BCUT2D eigenvalue weighted by Gasteiger charge is 2.37. The summed E-state index contributed by atoms with van der Waals surface area (Å²) in [7, 11) is -0.295. The number of hydrogen-bond acceptors (Lipinski definition) is 10. The van der Waals surface area contributed by atoms with Crippen molar-refractivity contribution < 1.29 is 28.2 Å². The van der Waals surface area contributed by atoms with Gasteiger partial charge in [-0.1, -0.05) is 45.0 Å². The zero-order valence-corrected chi connectivity index (χ0v) is 27.0. The minimum Gasteiger partial charge on any atom is -0.413 e. The Bertz CT molecular complexity index is 1330. The van der Waals surface area contributed by atoms with Gasteiger partial charge in [-0.05, 0) is 54.9 Å². The second-order valence-electron chi connectivity index (χ2n) is 11.4. The molecule has 3 aromatic rings. The first-order chi connectivity index (χ1) is 20.4. The standard InChI is InChI=1S/C30H42N6O6Si/c1-8-36(29(38)42-25-14-12-22(13-15-25)20-41-43(6,7)30(2,3)4)19-26-32-34-28(35-33-26)23-10-9-11-24(18-23)31-27(37)21-40-17-16-39-5/h9-15,18H,8,16-17,19-21H2,1-7H3,(H,31,37). The predicted molar refractivity (Wildman–Crippen MR) is 165 cm³/mol. The van der Waals surface area contributed by atoms with E-state index in [1.165, 1.54) is 4.90 Å². The molecule has 1 heterocycles. The maximum atomic E-state index is 12.9. The fourth-order valence-electron chi connectivity index (χ4n) is 3.44. The van der Waals surface area contributed by atoms with E-state index >= 15 is 0 Å². The second-order valence-corrected chi connectivity index (χ2v) is 16.2. The van der Waals surface area contributed by atoms with Gasteiger partial charge in [0.15, 0.2) is 14.1 Å². The Morgan fingerprint density at radius 3 is 2.30 bits per heavy atom. The zero-order valence-electron chi connectivity index (χ0n) is 26.0. The van der Waals surface area contributed by atoms with Crippen molar-refractivity contribution in [3.8, 4) is 17.1 Å². The van der Waals surface area contributed by atoms with Gasteiger partial charge < -0.3 is 28.9 Å². The van der Waals surface area contributed by atoms with E-state index in [0.717, 1.165) is 5.56 Å². The largest absolute Gasteiger partial charge is 0.415 e. The van der Waals surface area contributed by atoms with Crippen molar-refractivity contribution in [3.63, 3.8) is 0 Å². The highest BCUT2D eigenvalue weighted by molar-refractivity contribution is 6.74. The molecule has 0 aliphatic heterocycles.